The summed E-state index contributed by atoms with van der Waals surface area (Å²) in [4.78, 5) is 6.80. The summed E-state index contributed by atoms with van der Waals surface area (Å²) in [6.07, 6.45) is 7.49. The van der Waals surface area contributed by atoms with Crippen molar-refractivity contribution < 1.29 is 4.39 Å². The van der Waals surface area contributed by atoms with Crippen molar-refractivity contribution in [3.63, 3.8) is 0 Å². The van der Waals surface area contributed by atoms with Gasteiger partial charge >= 0.3 is 0 Å². The van der Waals surface area contributed by atoms with Crippen molar-refractivity contribution in [2.45, 2.75) is 57.0 Å². The molecule has 2 N–H and O–H groups in total. The van der Waals surface area contributed by atoms with Crippen LogP contribution in [0.2, 0.25) is 0 Å². The van der Waals surface area contributed by atoms with Gasteiger partial charge in [0.05, 0.1) is 12.1 Å². The van der Waals surface area contributed by atoms with Crippen LogP contribution in [0.25, 0.3) is 0 Å². The molecule has 3 rings (SSSR count). The van der Waals surface area contributed by atoms with E-state index in [1.807, 2.05) is 12.1 Å². The largest absolute Gasteiger partial charge is 0.370 e. The Hall–Kier alpha value is -1.58. The van der Waals surface area contributed by atoms with Gasteiger partial charge in [-0.15, -0.1) is 0 Å². The van der Waals surface area contributed by atoms with Gasteiger partial charge < -0.3 is 10.6 Å². The molecule has 1 heterocycles. The van der Waals surface area contributed by atoms with Crippen LogP contribution < -0.4 is 5.73 Å². The Morgan fingerprint density at radius 1 is 1.14 bits per heavy atom. The predicted octanol–water partition coefficient (Wildman–Crippen LogP) is 3.39. The molecule has 1 aromatic rings. The highest BCUT2D eigenvalue weighted by molar-refractivity contribution is 5.81. The highest BCUT2D eigenvalue weighted by atomic mass is 19.1. The molecule has 1 atom stereocenters. The lowest BCUT2D eigenvalue weighted by molar-refractivity contribution is 0.152. The molecule has 0 radical (unpaired) electrons. The maximum absolute atomic E-state index is 13.2. The number of hydrogen-bond donors (Lipinski definition) is 1. The number of halogens is 1. The molecule has 21 heavy (non-hydrogen) atoms. The van der Waals surface area contributed by atoms with Crippen molar-refractivity contribution in [1.82, 2.24) is 4.90 Å². The van der Waals surface area contributed by atoms with E-state index in [4.69, 9.17) is 5.73 Å². The highest BCUT2D eigenvalue weighted by Gasteiger charge is 2.43. The average Bonchev–Trinajstić information content (AvgIpc) is 2.68. The van der Waals surface area contributed by atoms with Crippen LogP contribution in [0.5, 0.6) is 0 Å². The van der Waals surface area contributed by atoms with Crippen LogP contribution in [-0.4, -0.2) is 23.4 Å². The predicted molar refractivity (Wildman–Crippen MR) is 83.6 cm³/mol. The molecule has 0 bridgehead atoms. The lowest BCUT2D eigenvalue weighted by Crippen LogP contribution is -2.52. The Morgan fingerprint density at radius 3 is 2.38 bits per heavy atom. The third kappa shape index (κ3) is 2.63. The van der Waals surface area contributed by atoms with Crippen molar-refractivity contribution in [1.29, 1.82) is 0 Å². The van der Waals surface area contributed by atoms with Crippen LogP contribution in [-0.2, 0) is 5.54 Å². The van der Waals surface area contributed by atoms with Crippen molar-refractivity contribution in [3.05, 3.63) is 35.6 Å². The first-order valence-electron chi connectivity index (χ1n) is 7.96. The second kappa shape index (κ2) is 5.66. The van der Waals surface area contributed by atoms with Gasteiger partial charge in [0.1, 0.15) is 5.82 Å². The minimum absolute atomic E-state index is 0.199. The Morgan fingerprint density at radius 2 is 1.76 bits per heavy atom. The highest BCUT2D eigenvalue weighted by Crippen LogP contribution is 2.37. The van der Waals surface area contributed by atoms with E-state index in [0.717, 1.165) is 5.56 Å². The van der Waals surface area contributed by atoms with Gasteiger partial charge in [-0.25, -0.2) is 4.39 Å². The van der Waals surface area contributed by atoms with Crippen molar-refractivity contribution in [2.24, 2.45) is 10.7 Å². The Balaban J connectivity index is 1.91. The minimum Gasteiger partial charge on any atom is -0.370 e. The summed E-state index contributed by atoms with van der Waals surface area (Å²) < 4.78 is 13.2. The molecule has 1 fully saturated rings. The van der Waals surface area contributed by atoms with E-state index in [9.17, 15) is 4.39 Å². The fraction of sp³-hybridized carbons (Fsp3) is 0.588. The maximum atomic E-state index is 13.2. The lowest BCUT2D eigenvalue weighted by atomic mass is 9.88. The summed E-state index contributed by atoms with van der Waals surface area (Å²) in [7, 11) is 0. The van der Waals surface area contributed by atoms with Gasteiger partial charge in [-0.3, -0.25) is 4.99 Å². The fourth-order valence-electron chi connectivity index (χ4n) is 3.79. The van der Waals surface area contributed by atoms with Gasteiger partial charge in [-0.05, 0) is 37.5 Å². The molecular weight excluding hydrogens is 265 g/mol. The Bertz CT molecular complexity index is 517. The molecule has 1 aliphatic heterocycles. The van der Waals surface area contributed by atoms with E-state index < -0.39 is 0 Å². The summed E-state index contributed by atoms with van der Waals surface area (Å²) in [5, 5.41) is 0. The molecule has 2 aliphatic rings. The maximum Gasteiger partial charge on any atom is 0.192 e. The molecule has 0 saturated heterocycles. The summed E-state index contributed by atoms with van der Waals surface area (Å²) in [5.41, 5.74) is 7.06. The van der Waals surface area contributed by atoms with Gasteiger partial charge in [-0.1, -0.05) is 37.8 Å². The molecule has 1 aliphatic carbocycles. The topological polar surface area (TPSA) is 41.6 Å². The summed E-state index contributed by atoms with van der Waals surface area (Å²) >= 11 is 0. The molecule has 4 heteroatoms. The zero-order chi connectivity index (χ0) is 14.9. The molecule has 0 amide bonds. The Kier molecular flexibility index (Phi) is 3.87. The molecule has 1 aromatic carbocycles. The van der Waals surface area contributed by atoms with E-state index in [0.29, 0.717) is 18.5 Å². The zero-order valence-corrected chi connectivity index (χ0v) is 12.7. The molecule has 3 nitrogen and oxygen atoms in total. The number of nitrogens with zero attached hydrogens (tertiary/aromatic N) is 2. The molecule has 0 aromatic heterocycles. The van der Waals surface area contributed by atoms with Gasteiger partial charge in [0.15, 0.2) is 5.96 Å². The van der Waals surface area contributed by atoms with Gasteiger partial charge in [0.2, 0.25) is 0 Å². The normalized spacial score (nSPS) is 27.5. The zero-order valence-electron chi connectivity index (χ0n) is 12.7. The number of hydrogen-bond acceptors (Lipinski definition) is 3. The van der Waals surface area contributed by atoms with Crippen LogP contribution in [0.15, 0.2) is 29.3 Å². The summed E-state index contributed by atoms with van der Waals surface area (Å²) in [6, 6.07) is 7.25. The molecule has 0 spiro atoms. The third-order valence-electron chi connectivity index (χ3n) is 4.98. The van der Waals surface area contributed by atoms with Gasteiger partial charge in [0.25, 0.3) is 0 Å². The SMILES string of the molecule is CC1(c2ccc(F)cc2)CN=C(N)N1C1CCCCCC1. The number of benzene rings is 1. The molecular formula is C17H24FN3. The smallest absolute Gasteiger partial charge is 0.192 e. The first kappa shape index (κ1) is 14.4. The van der Waals surface area contributed by atoms with Crippen LogP contribution in [0, 0.1) is 5.82 Å². The lowest BCUT2D eigenvalue weighted by Gasteiger charge is -2.42. The van der Waals surface area contributed by atoms with Crippen LogP contribution >= 0.6 is 0 Å². The van der Waals surface area contributed by atoms with E-state index in [1.165, 1.54) is 50.7 Å². The van der Waals surface area contributed by atoms with E-state index in [1.54, 1.807) is 0 Å². The standard InChI is InChI=1S/C17H24FN3/c1-17(13-8-10-14(18)11-9-13)12-20-16(19)21(17)15-6-4-2-3-5-7-15/h8-11,15H,2-7,12H2,1H3,(H2,19,20). The van der Waals surface area contributed by atoms with Crippen LogP contribution in [0.3, 0.4) is 0 Å². The molecule has 1 saturated carbocycles. The first-order valence-corrected chi connectivity index (χ1v) is 7.96. The summed E-state index contributed by atoms with van der Waals surface area (Å²) in [5.74, 6) is 0.448. The van der Waals surface area contributed by atoms with Crippen molar-refractivity contribution in [2.75, 3.05) is 6.54 Å². The number of nitrogens with two attached hydrogens (primary N) is 1. The second-order valence-electron chi connectivity index (χ2n) is 6.47. The first-order chi connectivity index (χ1) is 10.1. The van der Waals surface area contributed by atoms with Crippen LogP contribution in [0.4, 0.5) is 4.39 Å². The van der Waals surface area contributed by atoms with E-state index in [2.05, 4.69) is 16.8 Å². The van der Waals surface area contributed by atoms with Crippen molar-refractivity contribution >= 4 is 5.96 Å². The van der Waals surface area contributed by atoms with E-state index in [-0.39, 0.29) is 11.4 Å². The number of guanidine groups is 1. The minimum atomic E-state index is -0.243. The fourth-order valence-corrected chi connectivity index (χ4v) is 3.79. The van der Waals surface area contributed by atoms with E-state index >= 15 is 0 Å². The summed E-state index contributed by atoms with van der Waals surface area (Å²) in [6.45, 7) is 2.83. The van der Waals surface area contributed by atoms with Gasteiger partial charge in [-0.2, -0.15) is 0 Å². The van der Waals surface area contributed by atoms with Gasteiger partial charge in [0, 0.05) is 6.04 Å². The van der Waals surface area contributed by atoms with Crippen LogP contribution in [0.1, 0.15) is 51.0 Å². The molecule has 114 valence electrons. The second-order valence-corrected chi connectivity index (χ2v) is 6.47. The quantitative estimate of drug-likeness (QED) is 0.848. The average molecular weight is 289 g/mol. The number of aliphatic imine (C=N–C) groups is 1. The third-order valence-corrected chi connectivity index (χ3v) is 4.98. The molecule has 1 unspecified atom stereocenters. The Labute approximate surface area is 126 Å². The number of rotatable bonds is 2. The van der Waals surface area contributed by atoms with Crippen molar-refractivity contribution in [3.8, 4) is 0 Å². The monoisotopic (exact) mass is 289 g/mol.